The van der Waals surface area contributed by atoms with Gasteiger partial charge in [-0.1, -0.05) is 56.2 Å². The molecule has 0 radical (unpaired) electrons. The fraction of sp³-hybridized carbons (Fsp3) is 0.348. The first-order valence-electron chi connectivity index (χ1n) is 10.6. The number of fused-ring (bicyclic) bond motifs is 1. The number of H-pyrrole nitrogens is 1. The Hall–Kier alpha value is -3.77. The van der Waals surface area contributed by atoms with Crippen LogP contribution in [0.2, 0.25) is 0 Å². The molecule has 1 aliphatic carbocycles. The highest BCUT2D eigenvalue weighted by atomic mass is 16.5. The third-order valence-electron chi connectivity index (χ3n) is 5.90. The molecule has 3 heterocycles. The molecule has 0 unspecified atom stereocenters. The number of aromatic nitrogens is 5. The molecule has 1 N–H and O–H groups in total. The van der Waals surface area contributed by atoms with E-state index in [0.717, 1.165) is 31.2 Å². The van der Waals surface area contributed by atoms with E-state index in [1.54, 1.807) is 0 Å². The normalized spacial score (nSPS) is 14.6. The molecule has 0 bridgehead atoms. The number of nitrogens with zero attached hydrogens (tertiary/aromatic N) is 5. The zero-order valence-corrected chi connectivity index (χ0v) is 17.7. The number of nitrogens with one attached hydrogen (secondary N) is 1. The lowest BCUT2D eigenvalue weighted by molar-refractivity contribution is 0.181. The number of rotatable bonds is 5. The van der Waals surface area contributed by atoms with Crippen molar-refractivity contribution in [2.24, 2.45) is 0 Å². The van der Waals surface area contributed by atoms with Gasteiger partial charge in [-0.25, -0.2) is 10.1 Å². The molecular formula is C23H22N6O3. The fourth-order valence-corrected chi connectivity index (χ4v) is 4.36. The van der Waals surface area contributed by atoms with Crippen molar-refractivity contribution in [2.45, 2.75) is 44.6 Å². The number of hydrogen-bond acceptors (Lipinski definition) is 6. The molecule has 9 nitrogen and oxygen atoms in total. The van der Waals surface area contributed by atoms with E-state index >= 15 is 0 Å². The van der Waals surface area contributed by atoms with Crippen LogP contribution in [0.1, 0.15) is 49.6 Å². The van der Waals surface area contributed by atoms with Gasteiger partial charge in [-0.3, -0.25) is 4.79 Å². The summed E-state index contributed by atoms with van der Waals surface area (Å²) >= 11 is 0. The Labute approximate surface area is 183 Å². The minimum Gasteiger partial charge on any atom is -0.420 e. The van der Waals surface area contributed by atoms with Gasteiger partial charge in [-0.15, -0.1) is 14.7 Å². The number of ether oxygens (including phenoxy) is 1. The summed E-state index contributed by atoms with van der Waals surface area (Å²) in [5.41, 5.74) is 1.89. The van der Waals surface area contributed by atoms with E-state index < -0.39 is 5.56 Å². The molecule has 0 atom stereocenters. The second-order valence-corrected chi connectivity index (χ2v) is 7.92. The van der Waals surface area contributed by atoms with Gasteiger partial charge >= 0.3 is 5.56 Å². The fourth-order valence-electron chi connectivity index (χ4n) is 4.36. The van der Waals surface area contributed by atoms with Gasteiger partial charge in [0.05, 0.1) is 17.9 Å². The van der Waals surface area contributed by atoms with Crippen LogP contribution in [0.4, 0.5) is 5.82 Å². The van der Waals surface area contributed by atoms with E-state index in [1.165, 1.54) is 18.0 Å². The van der Waals surface area contributed by atoms with Crippen molar-refractivity contribution >= 4 is 11.5 Å². The maximum atomic E-state index is 13.5. The summed E-state index contributed by atoms with van der Waals surface area (Å²) in [4.78, 5) is 21.8. The number of aromatic amines is 1. The molecule has 1 aliphatic rings. The van der Waals surface area contributed by atoms with Crippen LogP contribution in [-0.4, -0.2) is 31.9 Å². The van der Waals surface area contributed by atoms with Crippen molar-refractivity contribution in [1.29, 1.82) is 0 Å². The Kier molecular flexibility index (Phi) is 5.29. The number of hydrogen-bond donors (Lipinski definition) is 1. The Balaban J connectivity index is 1.70. The first kappa shape index (κ1) is 20.2. The Bertz CT molecular complexity index is 1360. The molecule has 5 rings (SSSR count). The molecule has 0 saturated heterocycles. The highest BCUT2D eigenvalue weighted by molar-refractivity contribution is 5.88. The topological polar surface area (TPSA) is 103 Å². The van der Waals surface area contributed by atoms with Gasteiger partial charge in [-0.2, -0.15) is 0 Å². The number of methoxy groups -OCH3 is 1. The van der Waals surface area contributed by atoms with Gasteiger partial charge in [0.15, 0.2) is 5.65 Å². The maximum absolute atomic E-state index is 13.5. The third kappa shape index (κ3) is 3.39. The third-order valence-corrected chi connectivity index (χ3v) is 5.90. The van der Waals surface area contributed by atoms with Crippen LogP contribution in [0.15, 0.2) is 39.5 Å². The predicted molar refractivity (Wildman–Crippen MR) is 117 cm³/mol. The molecule has 1 aromatic carbocycles. The van der Waals surface area contributed by atoms with Gasteiger partial charge in [0.1, 0.15) is 5.56 Å². The molecular weight excluding hydrogens is 408 g/mol. The van der Waals surface area contributed by atoms with Crippen molar-refractivity contribution in [3.63, 3.8) is 0 Å². The van der Waals surface area contributed by atoms with E-state index in [1.807, 2.05) is 30.3 Å². The average Bonchev–Trinajstić information content (AvgIpc) is 3.46. The molecule has 0 spiro atoms. The summed E-state index contributed by atoms with van der Waals surface area (Å²) in [6, 6.07) is 9.40. The van der Waals surface area contributed by atoms with Crippen LogP contribution >= 0.6 is 0 Å². The summed E-state index contributed by atoms with van der Waals surface area (Å²) in [6.45, 7) is 7.68. The van der Waals surface area contributed by atoms with E-state index in [-0.39, 0.29) is 29.8 Å². The lowest BCUT2D eigenvalue weighted by Gasteiger charge is -2.17. The standard InChI is InChI=1S/C23H22N6O3/c1-24-19-17(14-9-5-3-6-10-14)20-25-16(13-31-2)18(23(30)29(20)28-19)22-27-26-21(32-22)15-11-7-4-8-12-15/h3,5-6,9-10,15,28H,4,7-8,11-13H2,2H3. The van der Waals surface area contributed by atoms with Gasteiger partial charge in [0.25, 0.3) is 11.7 Å². The van der Waals surface area contributed by atoms with Crippen molar-refractivity contribution in [1.82, 2.24) is 24.8 Å². The molecule has 32 heavy (non-hydrogen) atoms. The maximum Gasteiger partial charge on any atom is 0.301 e. The minimum atomic E-state index is -0.409. The van der Waals surface area contributed by atoms with Crippen molar-refractivity contribution < 1.29 is 9.15 Å². The Morgan fingerprint density at radius 1 is 1.19 bits per heavy atom. The monoisotopic (exact) mass is 430 g/mol. The van der Waals surface area contributed by atoms with E-state index in [4.69, 9.17) is 20.7 Å². The smallest absolute Gasteiger partial charge is 0.301 e. The second kappa shape index (κ2) is 8.40. The minimum absolute atomic E-state index is 0.0922. The predicted octanol–water partition coefficient (Wildman–Crippen LogP) is 4.48. The van der Waals surface area contributed by atoms with E-state index in [9.17, 15) is 4.79 Å². The second-order valence-electron chi connectivity index (χ2n) is 7.92. The summed E-state index contributed by atoms with van der Waals surface area (Å²) in [6.07, 6.45) is 5.51. The van der Waals surface area contributed by atoms with Gasteiger partial charge in [-0.05, 0) is 18.4 Å². The van der Waals surface area contributed by atoms with E-state index in [2.05, 4.69) is 20.1 Å². The highest BCUT2D eigenvalue weighted by Crippen LogP contribution is 2.35. The van der Waals surface area contributed by atoms with Crippen LogP contribution in [0.3, 0.4) is 0 Å². The van der Waals surface area contributed by atoms with Gasteiger partial charge < -0.3 is 14.0 Å². The Morgan fingerprint density at radius 2 is 1.97 bits per heavy atom. The summed E-state index contributed by atoms with van der Waals surface area (Å²) in [5.74, 6) is 1.14. The summed E-state index contributed by atoms with van der Waals surface area (Å²) in [7, 11) is 1.54. The molecule has 162 valence electrons. The SMILES string of the molecule is [C-]#[N+]c1[nH]n2c(=O)c(-c3nnc(C4CCCCC4)o3)c(COC)nc2c1-c1ccccc1. The van der Waals surface area contributed by atoms with Crippen LogP contribution in [0.25, 0.3) is 33.1 Å². The van der Waals surface area contributed by atoms with E-state index in [0.29, 0.717) is 22.8 Å². The van der Waals surface area contributed by atoms with Crippen molar-refractivity contribution in [2.75, 3.05) is 7.11 Å². The quantitative estimate of drug-likeness (QED) is 0.468. The zero-order chi connectivity index (χ0) is 22.1. The summed E-state index contributed by atoms with van der Waals surface area (Å²) in [5, 5.41) is 11.3. The molecule has 4 aromatic rings. The average molecular weight is 430 g/mol. The van der Waals surface area contributed by atoms with Crippen molar-refractivity contribution in [3.05, 3.63) is 63.7 Å². The molecule has 1 saturated carbocycles. The van der Waals surface area contributed by atoms with Crippen LogP contribution < -0.4 is 5.56 Å². The molecule has 0 amide bonds. The first-order chi connectivity index (χ1) is 15.7. The van der Waals surface area contributed by atoms with Crippen LogP contribution in [0.5, 0.6) is 0 Å². The zero-order valence-electron chi connectivity index (χ0n) is 17.7. The first-order valence-corrected chi connectivity index (χ1v) is 10.6. The lowest BCUT2D eigenvalue weighted by Crippen LogP contribution is -2.20. The molecule has 9 heteroatoms. The molecule has 1 fully saturated rings. The largest absolute Gasteiger partial charge is 0.420 e. The van der Waals surface area contributed by atoms with Gasteiger partial charge in [0.2, 0.25) is 5.89 Å². The lowest BCUT2D eigenvalue weighted by atomic mass is 9.89. The van der Waals surface area contributed by atoms with Crippen LogP contribution in [0, 0.1) is 6.57 Å². The molecule has 3 aromatic heterocycles. The van der Waals surface area contributed by atoms with Crippen molar-refractivity contribution in [3.8, 4) is 22.6 Å². The van der Waals surface area contributed by atoms with Crippen LogP contribution in [-0.2, 0) is 11.3 Å². The highest BCUT2D eigenvalue weighted by Gasteiger charge is 2.27. The molecule has 0 aliphatic heterocycles. The van der Waals surface area contributed by atoms with Gasteiger partial charge in [0, 0.05) is 13.0 Å². The Morgan fingerprint density at radius 3 is 2.69 bits per heavy atom. The number of benzene rings is 1. The summed E-state index contributed by atoms with van der Waals surface area (Å²) < 4.78 is 12.6.